The molecule has 7 heteroatoms. The van der Waals surface area contributed by atoms with E-state index in [9.17, 15) is 4.79 Å². The molecule has 7 nitrogen and oxygen atoms in total. The molecule has 5 rings (SSSR count). The summed E-state index contributed by atoms with van der Waals surface area (Å²) in [5, 5.41) is 2.14. The number of aromatic amines is 1. The van der Waals surface area contributed by atoms with Gasteiger partial charge >= 0.3 is 0 Å². The molecule has 134 valence electrons. The number of benzene rings is 1. The first-order valence-corrected chi connectivity index (χ1v) is 8.79. The Bertz CT molecular complexity index is 1120. The van der Waals surface area contributed by atoms with E-state index in [2.05, 4.69) is 26.9 Å². The smallest absolute Gasteiger partial charge is 0.292 e. The van der Waals surface area contributed by atoms with Gasteiger partial charge in [0, 0.05) is 24.0 Å². The van der Waals surface area contributed by atoms with Crippen molar-refractivity contribution in [1.29, 1.82) is 0 Å². The Morgan fingerprint density at radius 1 is 1.22 bits per heavy atom. The van der Waals surface area contributed by atoms with Crippen LogP contribution in [0.25, 0.3) is 10.8 Å². The molecule has 1 N–H and O–H groups in total. The van der Waals surface area contributed by atoms with Crippen LogP contribution in [-0.4, -0.2) is 37.3 Å². The van der Waals surface area contributed by atoms with Gasteiger partial charge in [-0.25, -0.2) is 9.97 Å². The van der Waals surface area contributed by atoms with E-state index in [0.29, 0.717) is 6.54 Å². The third-order valence-electron chi connectivity index (χ3n) is 5.06. The van der Waals surface area contributed by atoms with Gasteiger partial charge in [0.05, 0.1) is 29.6 Å². The number of amides is 1. The number of nitrogens with zero attached hydrogens (tertiary/aromatic N) is 4. The van der Waals surface area contributed by atoms with E-state index in [1.54, 1.807) is 11.2 Å². The fraction of sp³-hybridized carbons (Fsp3) is 0.200. The van der Waals surface area contributed by atoms with Crippen molar-refractivity contribution in [3.8, 4) is 0 Å². The van der Waals surface area contributed by atoms with E-state index in [-0.39, 0.29) is 23.6 Å². The molecule has 1 aliphatic rings. The number of oxazole rings is 1. The first-order chi connectivity index (χ1) is 13.2. The van der Waals surface area contributed by atoms with Gasteiger partial charge in [-0.2, -0.15) is 0 Å². The number of hydrogen-bond acceptors (Lipinski definition) is 5. The molecule has 0 radical (unpaired) electrons. The lowest BCUT2D eigenvalue weighted by atomic mass is 9.92. The van der Waals surface area contributed by atoms with Crippen molar-refractivity contribution in [2.24, 2.45) is 0 Å². The highest BCUT2D eigenvalue weighted by Crippen LogP contribution is 2.38. The second kappa shape index (κ2) is 6.05. The Labute approximate surface area is 155 Å². The van der Waals surface area contributed by atoms with Crippen LogP contribution in [0.15, 0.2) is 59.9 Å². The summed E-state index contributed by atoms with van der Waals surface area (Å²) in [6.07, 6.45) is 6.24. The summed E-state index contributed by atoms with van der Waals surface area (Å²) in [5.74, 6) is 0.116. The highest BCUT2D eigenvalue weighted by Gasteiger charge is 2.39. The summed E-state index contributed by atoms with van der Waals surface area (Å²) in [6, 6.07) is 9.71. The molecule has 0 spiro atoms. The number of carbonyl (C=O) groups excluding carboxylic acids is 1. The third-order valence-corrected chi connectivity index (χ3v) is 5.06. The van der Waals surface area contributed by atoms with E-state index < -0.39 is 0 Å². The number of fused-ring (bicyclic) bond motifs is 2. The zero-order chi connectivity index (χ0) is 18.4. The number of rotatable bonds is 2. The maximum atomic E-state index is 13.1. The van der Waals surface area contributed by atoms with E-state index in [1.165, 1.54) is 12.6 Å². The number of pyridine rings is 1. The Balaban J connectivity index is 1.66. The average molecular weight is 359 g/mol. The van der Waals surface area contributed by atoms with Crippen LogP contribution in [0, 0.1) is 0 Å². The molecule has 1 aliphatic heterocycles. The predicted octanol–water partition coefficient (Wildman–Crippen LogP) is 3.29. The maximum absolute atomic E-state index is 13.1. The van der Waals surface area contributed by atoms with Crippen molar-refractivity contribution in [2.75, 3.05) is 6.54 Å². The summed E-state index contributed by atoms with van der Waals surface area (Å²) in [6.45, 7) is 2.58. The van der Waals surface area contributed by atoms with Gasteiger partial charge in [-0.1, -0.05) is 31.2 Å². The maximum Gasteiger partial charge on any atom is 0.292 e. The lowest BCUT2D eigenvalue weighted by molar-refractivity contribution is 0.0637. The summed E-state index contributed by atoms with van der Waals surface area (Å²) < 4.78 is 5.26. The Morgan fingerprint density at radius 2 is 2.07 bits per heavy atom. The molecule has 27 heavy (non-hydrogen) atoms. The Morgan fingerprint density at radius 3 is 2.89 bits per heavy atom. The highest BCUT2D eigenvalue weighted by molar-refractivity contribution is 5.92. The fourth-order valence-electron chi connectivity index (χ4n) is 3.79. The second-order valence-electron chi connectivity index (χ2n) is 6.78. The van der Waals surface area contributed by atoms with Crippen LogP contribution in [0.5, 0.6) is 0 Å². The van der Waals surface area contributed by atoms with Crippen LogP contribution in [0.3, 0.4) is 0 Å². The average Bonchev–Trinajstić information content (AvgIpc) is 3.39. The molecule has 4 aromatic rings. The minimum Gasteiger partial charge on any atom is -0.438 e. The number of hydrogen-bond donors (Lipinski definition) is 1. The first-order valence-electron chi connectivity index (χ1n) is 8.79. The van der Waals surface area contributed by atoms with Crippen LogP contribution >= 0.6 is 0 Å². The molecule has 4 heterocycles. The molecule has 0 fully saturated rings. The predicted molar refractivity (Wildman–Crippen MR) is 98.1 cm³/mol. The van der Waals surface area contributed by atoms with Crippen molar-refractivity contribution < 1.29 is 9.21 Å². The van der Waals surface area contributed by atoms with Crippen molar-refractivity contribution >= 4 is 16.7 Å². The normalized spacial score (nSPS) is 19.2. The van der Waals surface area contributed by atoms with Gasteiger partial charge in [0.25, 0.3) is 5.91 Å². The van der Waals surface area contributed by atoms with Gasteiger partial charge in [-0.15, -0.1) is 0 Å². The molecule has 1 aromatic carbocycles. The second-order valence-corrected chi connectivity index (χ2v) is 6.78. The standard InChI is InChI=1S/C20H17N5O2/c1-12-9-25(20(26)16-8-21-11-27-16)19(18-17(12)23-10-24-18)15-6-13-4-2-3-5-14(13)7-22-15/h2-8,10-12,19H,9H2,1H3,(H,23,24)/t12-,19+/m0/s1. The molecular weight excluding hydrogens is 342 g/mol. The first kappa shape index (κ1) is 15.7. The fourth-order valence-corrected chi connectivity index (χ4v) is 3.79. The van der Waals surface area contributed by atoms with Crippen LogP contribution in [-0.2, 0) is 0 Å². The van der Waals surface area contributed by atoms with E-state index in [4.69, 9.17) is 4.42 Å². The van der Waals surface area contributed by atoms with E-state index in [1.807, 2.05) is 36.5 Å². The number of aromatic nitrogens is 4. The number of H-pyrrole nitrogens is 1. The van der Waals surface area contributed by atoms with Crippen molar-refractivity contribution in [1.82, 2.24) is 24.8 Å². The van der Waals surface area contributed by atoms with Crippen LogP contribution < -0.4 is 0 Å². The molecule has 3 aromatic heterocycles. The monoisotopic (exact) mass is 359 g/mol. The largest absolute Gasteiger partial charge is 0.438 e. The van der Waals surface area contributed by atoms with Crippen LogP contribution in [0.4, 0.5) is 0 Å². The zero-order valence-corrected chi connectivity index (χ0v) is 14.7. The number of nitrogens with one attached hydrogen (secondary N) is 1. The van der Waals surface area contributed by atoms with Gasteiger partial charge in [0.15, 0.2) is 6.39 Å². The van der Waals surface area contributed by atoms with Gasteiger partial charge < -0.3 is 14.3 Å². The summed E-state index contributed by atoms with van der Waals surface area (Å²) in [5.41, 5.74) is 2.65. The molecule has 0 saturated carbocycles. The van der Waals surface area contributed by atoms with Crippen molar-refractivity contribution in [3.63, 3.8) is 0 Å². The van der Waals surface area contributed by atoms with Gasteiger partial charge in [0.2, 0.25) is 5.76 Å². The molecule has 1 amide bonds. The van der Waals surface area contributed by atoms with Gasteiger partial charge in [-0.05, 0) is 11.5 Å². The van der Waals surface area contributed by atoms with Crippen molar-refractivity contribution in [3.05, 3.63) is 78.3 Å². The summed E-state index contributed by atoms with van der Waals surface area (Å²) in [7, 11) is 0. The highest BCUT2D eigenvalue weighted by atomic mass is 16.3. The molecule has 2 atom stereocenters. The lowest BCUT2D eigenvalue weighted by Gasteiger charge is -2.37. The summed E-state index contributed by atoms with van der Waals surface area (Å²) >= 11 is 0. The Kier molecular flexibility index (Phi) is 3.53. The Hall–Kier alpha value is -3.48. The molecular formula is C20H17N5O2. The van der Waals surface area contributed by atoms with E-state index >= 15 is 0 Å². The summed E-state index contributed by atoms with van der Waals surface area (Å²) in [4.78, 5) is 31.1. The number of carbonyl (C=O) groups is 1. The third kappa shape index (κ3) is 2.51. The minimum absolute atomic E-state index is 0.106. The molecule has 0 unspecified atom stereocenters. The minimum atomic E-state index is -0.360. The SMILES string of the molecule is C[C@H]1CN(C(=O)c2cnco2)[C@H](c2cc3ccccc3cn2)c2[nH]cnc21. The van der Waals surface area contributed by atoms with Crippen LogP contribution in [0.1, 0.15) is 46.5 Å². The van der Waals surface area contributed by atoms with Gasteiger partial charge in [-0.3, -0.25) is 9.78 Å². The quantitative estimate of drug-likeness (QED) is 0.593. The lowest BCUT2D eigenvalue weighted by Crippen LogP contribution is -2.42. The molecule has 0 aliphatic carbocycles. The van der Waals surface area contributed by atoms with Crippen molar-refractivity contribution in [2.45, 2.75) is 18.9 Å². The molecule has 0 bridgehead atoms. The van der Waals surface area contributed by atoms with Gasteiger partial charge in [0.1, 0.15) is 6.04 Å². The molecule has 0 saturated heterocycles. The number of imidazole rings is 1. The topological polar surface area (TPSA) is 87.9 Å². The van der Waals surface area contributed by atoms with E-state index in [0.717, 1.165) is 27.9 Å². The zero-order valence-electron chi connectivity index (χ0n) is 14.7. The van der Waals surface area contributed by atoms with Crippen LogP contribution in [0.2, 0.25) is 0 Å².